The van der Waals surface area contributed by atoms with E-state index in [2.05, 4.69) is 10.5 Å². The molecule has 0 aliphatic rings. The number of phenolic OH excluding ortho intramolecular Hbond substituents is 1. The van der Waals surface area contributed by atoms with E-state index in [1.807, 2.05) is 0 Å². The van der Waals surface area contributed by atoms with Crippen molar-refractivity contribution in [3.8, 4) is 17.2 Å². The molecule has 6 heteroatoms. The number of benzene rings is 2. The molecule has 1 amide bonds. The SMILES string of the molecule is COc1ccc(/C(C)=N/NC(=O)c2ccccc2O)c(OC)c1. The average Bonchev–Trinajstić information content (AvgIpc) is 2.59. The molecule has 23 heavy (non-hydrogen) atoms. The first-order valence-electron chi connectivity index (χ1n) is 6.92. The van der Waals surface area contributed by atoms with Crippen LogP contribution in [0.3, 0.4) is 0 Å². The van der Waals surface area contributed by atoms with Crippen molar-refractivity contribution >= 4 is 11.6 Å². The number of hydrogen-bond donors (Lipinski definition) is 2. The molecule has 0 saturated carbocycles. The zero-order chi connectivity index (χ0) is 16.8. The first kappa shape index (κ1) is 16.4. The van der Waals surface area contributed by atoms with E-state index in [1.165, 1.54) is 12.1 Å². The predicted octanol–water partition coefficient (Wildman–Crippen LogP) is 2.56. The molecule has 2 aromatic carbocycles. The molecule has 0 bridgehead atoms. The Morgan fingerprint density at radius 1 is 1.09 bits per heavy atom. The van der Waals surface area contributed by atoms with Crippen molar-refractivity contribution in [2.45, 2.75) is 6.92 Å². The molecule has 0 heterocycles. The van der Waals surface area contributed by atoms with Crippen molar-refractivity contribution in [3.63, 3.8) is 0 Å². The van der Waals surface area contributed by atoms with E-state index in [9.17, 15) is 9.90 Å². The molecule has 2 aromatic rings. The maximum absolute atomic E-state index is 12.0. The minimum Gasteiger partial charge on any atom is -0.507 e. The molecule has 2 N–H and O–H groups in total. The van der Waals surface area contributed by atoms with Crippen molar-refractivity contribution in [2.24, 2.45) is 5.10 Å². The lowest BCUT2D eigenvalue weighted by Crippen LogP contribution is -2.19. The number of amides is 1. The summed E-state index contributed by atoms with van der Waals surface area (Å²) in [6, 6.07) is 11.6. The average molecular weight is 314 g/mol. The van der Waals surface area contributed by atoms with Gasteiger partial charge in [0.1, 0.15) is 17.2 Å². The van der Waals surface area contributed by atoms with Crippen LogP contribution in [0.2, 0.25) is 0 Å². The van der Waals surface area contributed by atoms with Crippen LogP contribution in [0.1, 0.15) is 22.8 Å². The Balaban J connectivity index is 2.20. The number of phenols is 1. The highest BCUT2D eigenvalue weighted by Gasteiger charge is 2.11. The maximum Gasteiger partial charge on any atom is 0.275 e. The topological polar surface area (TPSA) is 80.2 Å². The molecule has 120 valence electrons. The van der Waals surface area contributed by atoms with Crippen LogP contribution in [0.5, 0.6) is 17.2 Å². The summed E-state index contributed by atoms with van der Waals surface area (Å²) >= 11 is 0. The zero-order valence-corrected chi connectivity index (χ0v) is 13.2. The first-order valence-corrected chi connectivity index (χ1v) is 6.92. The van der Waals surface area contributed by atoms with Gasteiger partial charge in [0.15, 0.2) is 0 Å². The van der Waals surface area contributed by atoms with Gasteiger partial charge in [-0.2, -0.15) is 5.10 Å². The van der Waals surface area contributed by atoms with Crippen LogP contribution in [0, 0.1) is 0 Å². The Morgan fingerprint density at radius 2 is 1.83 bits per heavy atom. The van der Waals surface area contributed by atoms with Crippen LogP contribution in [-0.4, -0.2) is 30.9 Å². The summed E-state index contributed by atoms with van der Waals surface area (Å²) in [5.74, 6) is 0.661. The molecule has 0 saturated heterocycles. The highest BCUT2D eigenvalue weighted by atomic mass is 16.5. The minimum atomic E-state index is -0.491. The number of carbonyl (C=O) groups excluding carboxylic acids is 1. The molecular formula is C17H18N2O4. The third-order valence-corrected chi connectivity index (χ3v) is 3.27. The van der Waals surface area contributed by atoms with Gasteiger partial charge in [0, 0.05) is 11.6 Å². The Kier molecular flexibility index (Phi) is 5.19. The van der Waals surface area contributed by atoms with Crippen molar-refractivity contribution < 1.29 is 19.4 Å². The van der Waals surface area contributed by atoms with Crippen molar-refractivity contribution in [2.75, 3.05) is 14.2 Å². The second-order valence-electron chi connectivity index (χ2n) is 4.72. The summed E-state index contributed by atoms with van der Waals surface area (Å²) in [4.78, 5) is 12.0. The number of carbonyl (C=O) groups is 1. The van der Waals surface area contributed by atoms with Gasteiger partial charge in [0.25, 0.3) is 5.91 Å². The fourth-order valence-corrected chi connectivity index (χ4v) is 2.02. The second kappa shape index (κ2) is 7.31. The molecule has 2 rings (SSSR count). The van der Waals surface area contributed by atoms with Gasteiger partial charge in [0.05, 0.1) is 25.5 Å². The summed E-state index contributed by atoms with van der Waals surface area (Å²) in [7, 11) is 3.12. The van der Waals surface area contributed by atoms with Gasteiger partial charge in [-0.1, -0.05) is 12.1 Å². The van der Waals surface area contributed by atoms with Crippen LogP contribution in [0.4, 0.5) is 0 Å². The molecule has 0 aromatic heterocycles. The number of nitrogens with one attached hydrogen (secondary N) is 1. The normalized spacial score (nSPS) is 11.0. The second-order valence-corrected chi connectivity index (χ2v) is 4.72. The van der Waals surface area contributed by atoms with Gasteiger partial charge in [-0.05, 0) is 31.2 Å². The standard InChI is InChI=1S/C17H18N2O4/c1-11(13-9-8-12(22-2)10-16(13)23-3)18-19-17(21)14-6-4-5-7-15(14)20/h4-10,20H,1-3H3,(H,19,21)/b18-11+. The summed E-state index contributed by atoms with van der Waals surface area (Å²) in [5.41, 5.74) is 3.87. The lowest BCUT2D eigenvalue weighted by atomic mass is 10.1. The van der Waals surface area contributed by atoms with Crippen LogP contribution in [-0.2, 0) is 0 Å². The van der Waals surface area contributed by atoms with Crippen LogP contribution in [0.25, 0.3) is 0 Å². The quantitative estimate of drug-likeness (QED) is 0.656. The third kappa shape index (κ3) is 3.79. The molecule has 0 atom stereocenters. The number of hydrogen-bond acceptors (Lipinski definition) is 5. The minimum absolute atomic E-state index is 0.0973. The molecule has 0 radical (unpaired) electrons. The van der Waals surface area contributed by atoms with E-state index < -0.39 is 5.91 Å². The van der Waals surface area contributed by atoms with Crippen molar-refractivity contribution in [1.82, 2.24) is 5.43 Å². The Hall–Kier alpha value is -3.02. The molecule has 0 fully saturated rings. The largest absolute Gasteiger partial charge is 0.507 e. The van der Waals surface area contributed by atoms with Gasteiger partial charge in [-0.15, -0.1) is 0 Å². The van der Waals surface area contributed by atoms with Crippen molar-refractivity contribution in [3.05, 3.63) is 53.6 Å². The number of rotatable bonds is 5. The van der Waals surface area contributed by atoms with Crippen LogP contribution >= 0.6 is 0 Å². The summed E-state index contributed by atoms with van der Waals surface area (Å²) in [6.45, 7) is 1.75. The van der Waals surface area contributed by atoms with Gasteiger partial charge in [-0.3, -0.25) is 4.79 Å². The molecule has 0 aliphatic heterocycles. The Bertz CT molecular complexity index is 741. The molecular weight excluding hydrogens is 296 g/mol. The monoisotopic (exact) mass is 314 g/mol. The molecule has 0 aliphatic carbocycles. The predicted molar refractivity (Wildman–Crippen MR) is 87.3 cm³/mol. The number of aromatic hydroxyl groups is 1. The van der Waals surface area contributed by atoms with Gasteiger partial charge in [0.2, 0.25) is 0 Å². The third-order valence-electron chi connectivity index (χ3n) is 3.27. The lowest BCUT2D eigenvalue weighted by Gasteiger charge is -2.10. The van der Waals surface area contributed by atoms with E-state index in [0.717, 1.165) is 5.56 Å². The Labute approximate surface area is 134 Å². The zero-order valence-electron chi connectivity index (χ0n) is 13.2. The number of nitrogens with zero attached hydrogens (tertiary/aromatic N) is 1. The highest BCUT2D eigenvalue weighted by molar-refractivity contribution is 6.03. The lowest BCUT2D eigenvalue weighted by molar-refractivity contribution is 0.0952. The number of hydrazone groups is 1. The van der Waals surface area contributed by atoms with E-state index in [1.54, 1.807) is 51.5 Å². The summed E-state index contributed by atoms with van der Waals surface area (Å²) in [6.07, 6.45) is 0. The van der Waals surface area contributed by atoms with Crippen LogP contribution < -0.4 is 14.9 Å². The number of ether oxygens (including phenoxy) is 2. The van der Waals surface area contributed by atoms with Gasteiger partial charge in [-0.25, -0.2) is 5.43 Å². The van der Waals surface area contributed by atoms with Crippen molar-refractivity contribution in [1.29, 1.82) is 0 Å². The molecule has 0 spiro atoms. The van der Waals surface area contributed by atoms with E-state index in [0.29, 0.717) is 17.2 Å². The van der Waals surface area contributed by atoms with Gasteiger partial charge < -0.3 is 14.6 Å². The highest BCUT2D eigenvalue weighted by Crippen LogP contribution is 2.25. The fraction of sp³-hybridized carbons (Fsp3) is 0.176. The van der Waals surface area contributed by atoms with E-state index in [4.69, 9.17) is 9.47 Å². The molecule has 0 unspecified atom stereocenters. The fourth-order valence-electron chi connectivity index (χ4n) is 2.02. The smallest absolute Gasteiger partial charge is 0.275 e. The van der Waals surface area contributed by atoms with Crippen LogP contribution in [0.15, 0.2) is 47.6 Å². The Morgan fingerprint density at radius 3 is 2.48 bits per heavy atom. The first-order chi connectivity index (χ1) is 11.1. The number of para-hydroxylation sites is 1. The van der Waals surface area contributed by atoms with E-state index >= 15 is 0 Å². The summed E-state index contributed by atoms with van der Waals surface area (Å²) < 4.78 is 10.4. The number of methoxy groups -OCH3 is 2. The molecule has 6 nitrogen and oxygen atoms in total. The van der Waals surface area contributed by atoms with E-state index in [-0.39, 0.29) is 11.3 Å². The maximum atomic E-state index is 12.0. The summed E-state index contributed by atoms with van der Waals surface area (Å²) in [5, 5.41) is 13.7. The van der Waals surface area contributed by atoms with Gasteiger partial charge >= 0.3 is 0 Å².